The molecule has 1 heterocycles. The van der Waals surface area contributed by atoms with E-state index >= 15 is 0 Å². The van der Waals surface area contributed by atoms with Gasteiger partial charge in [0, 0.05) is 11.1 Å². The Hall–Kier alpha value is -3.33. The molecule has 0 aliphatic rings. The van der Waals surface area contributed by atoms with Crippen molar-refractivity contribution in [3.05, 3.63) is 59.9 Å². The minimum absolute atomic E-state index is 0.261. The average molecular weight is 400 g/mol. The summed E-state index contributed by atoms with van der Waals surface area (Å²) in [6.07, 6.45) is 0. The van der Waals surface area contributed by atoms with Crippen molar-refractivity contribution in [1.82, 2.24) is 15.5 Å². The summed E-state index contributed by atoms with van der Waals surface area (Å²) in [6.45, 7) is 1.54. The number of halogens is 1. The molecule has 28 heavy (non-hydrogen) atoms. The molecule has 1 aromatic heterocycles. The highest BCUT2D eigenvalue weighted by Crippen LogP contribution is 2.28. The number of aromatic nitrogens is 2. The lowest BCUT2D eigenvalue weighted by molar-refractivity contribution is -0.117. The van der Waals surface area contributed by atoms with Gasteiger partial charge in [-0.05, 0) is 43.3 Å². The first-order valence-electron chi connectivity index (χ1n) is 8.31. The maximum atomic E-state index is 12.9. The van der Waals surface area contributed by atoms with Crippen LogP contribution in [0.1, 0.15) is 17.3 Å². The van der Waals surface area contributed by atoms with Crippen LogP contribution < -0.4 is 15.4 Å². The van der Waals surface area contributed by atoms with Crippen LogP contribution in [0.15, 0.2) is 48.5 Å². The summed E-state index contributed by atoms with van der Waals surface area (Å²) < 4.78 is 18.1. The zero-order chi connectivity index (χ0) is 20.1. The third kappa shape index (κ3) is 4.68. The normalized spacial score (nSPS) is 11.5. The van der Waals surface area contributed by atoms with E-state index in [4.69, 9.17) is 4.74 Å². The van der Waals surface area contributed by atoms with Gasteiger partial charge in [0.25, 0.3) is 5.91 Å². The van der Waals surface area contributed by atoms with E-state index in [2.05, 4.69) is 20.8 Å². The first-order chi connectivity index (χ1) is 13.5. The maximum absolute atomic E-state index is 12.9. The number of hydrogen-bond acceptors (Lipinski definition) is 6. The van der Waals surface area contributed by atoms with Gasteiger partial charge in [0.2, 0.25) is 11.0 Å². The van der Waals surface area contributed by atoms with Crippen LogP contribution in [0.3, 0.4) is 0 Å². The van der Waals surface area contributed by atoms with E-state index in [1.165, 1.54) is 35.6 Å². The molecule has 0 radical (unpaired) electrons. The van der Waals surface area contributed by atoms with Crippen molar-refractivity contribution in [3.8, 4) is 16.3 Å². The second-order valence-electron chi connectivity index (χ2n) is 5.84. The van der Waals surface area contributed by atoms with Gasteiger partial charge in [-0.15, -0.1) is 10.2 Å². The fourth-order valence-electron chi connectivity index (χ4n) is 2.31. The molecule has 2 amide bonds. The van der Waals surface area contributed by atoms with Gasteiger partial charge in [0.15, 0.2) is 0 Å². The van der Waals surface area contributed by atoms with Crippen LogP contribution in [0, 0.1) is 5.82 Å². The van der Waals surface area contributed by atoms with Crippen LogP contribution in [-0.2, 0) is 4.79 Å². The molecule has 0 fully saturated rings. The first kappa shape index (κ1) is 19.4. The quantitative estimate of drug-likeness (QED) is 0.663. The van der Waals surface area contributed by atoms with E-state index in [9.17, 15) is 14.0 Å². The van der Waals surface area contributed by atoms with E-state index in [1.807, 2.05) is 24.3 Å². The van der Waals surface area contributed by atoms with Gasteiger partial charge in [-0.1, -0.05) is 23.5 Å². The van der Waals surface area contributed by atoms with Crippen LogP contribution in [-0.4, -0.2) is 35.2 Å². The number of nitrogens with zero attached hydrogens (tertiary/aromatic N) is 2. The zero-order valence-electron chi connectivity index (χ0n) is 15.1. The molecule has 0 aliphatic carbocycles. The molecule has 1 unspecified atom stereocenters. The number of ether oxygens (including phenoxy) is 1. The molecule has 0 saturated heterocycles. The average Bonchev–Trinajstić information content (AvgIpc) is 3.17. The molecule has 9 heteroatoms. The molecule has 0 spiro atoms. The molecule has 7 nitrogen and oxygen atoms in total. The Labute approximate surface area is 164 Å². The SMILES string of the molecule is COc1cccc(-c2nnc(NC(=O)C(C)NC(=O)c3ccc(F)cc3)s2)c1. The lowest BCUT2D eigenvalue weighted by atomic mass is 10.2. The Balaban J connectivity index is 1.62. The summed E-state index contributed by atoms with van der Waals surface area (Å²) in [7, 11) is 1.58. The Morgan fingerprint density at radius 3 is 2.61 bits per heavy atom. The Morgan fingerprint density at radius 1 is 1.14 bits per heavy atom. The molecule has 3 aromatic rings. The smallest absolute Gasteiger partial charge is 0.251 e. The Kier molecular flexibility index (Phi) is 5.95. The van der Waals surface area contributed by atoms with Crippen molar-refractivity contribution in [2.75, 3.05) is 12.4 Å². The summed E-state index contributed by atoms with van der Waals surface area (Å²) in [5.41, 5.74) is 1.08. The summed E-state index contributed by atoms with van der Waals surface area (Å²) in [6, 6.07) is 11.6. The minimum Gasteiger partial charge on any atom is -0.497 e. The molecule has 2 aromatic carbocycles. The van der Waals surface area contributed by atoms with E-state index in [-0.39, 0.29) is 5.56 Å². The van der Waals surface area contributed by atoms with Crippen LogP contribution in [0.4, 0.5) is 9.52 Å². The number of nitrogens with one attached hydrogen (secondary N) is 2. The van der Waals surface area contributed by atoms with Gasteiger partial charge in [-0.25, -0.2) is 4.39 Å². The number of hydrogen-bond donors (Lipinski definition) is 2. The number of anilines is 1. The number of rotatable bonds is 6. The van der Waals surface area contributed by atoms with E-state index < -0.39 is 23.7 Å². The molecule has 3 rings (SSSR count). The van der Waals surface area contributed by atoms with Crippen molar-refractivity contribution >= 4 is 28.3 Å². The second kappa shape index (κ2) is 8.57. The Morgan fingerprint density at radius 2 is 1.89 bits per heavy atom. The van der Waals surface area contributed by atoms with Gasteiger partial charge in [0.05, 0.1) is 7.11 Å². The van der Waals surface area contributed by atoms with Crippen molar-refractivity contribution in [3.63, 3.8) is 0 Å². The minimum atomic E-state index is -0.818. The van der Waals surface area contributed by atoms with Crippen LogP contribution >= 0.6 is 11.3 Å². The zero-order valence-corrected chi connectivity index (χ0v) is 15.9. The maximum Gasteiger partial charge on any atom is 0.251 e. The third-order valence-electron chi connectivity index (χ3n) is 3.82. The molecule has 144 valence electrons. The highest BCUT2D eigenvalue weighted by Gasteiger charge is 2.18. The van der Waals surface area contributed by atoms with Gasteiger partial charge in [-0.3, -0.25) is 14.9 Å². The number of carbonyl (C=O) groups excluding carboxylic acids is 2. The number of amides is 2. The van der Waals surface area contributed by atoms with Gasteiger partial charge < -0.3 is 10.1 Å². The molecule has 0 aliphatic heterocycles. The second-order valence-corrected chi connectivity index (χ2v) is 6.81. The predicted molar refractivity (Wildman–Crippen MR) is 104 cm³/mol. The number of methoxy groups -OCH3 is 1. The number of benzene rings is 2. The van der Waals surface area contributed by atoms with E-state index in [0.717, 1.165) is 5.56 Å². The van der Waals surface area contributed by atoms with Gasteiger partial charge in [-0.2, -0.15) is 0 Å². The fraction of sp³-hybridized carbons (Fsp3) is 0.158. The number of carbonyl (C=O) groups is 2. The predicted octanol–water partition coefficient (Wildman–Crippen LogP) is 3.11. The van der Waals surface area contributed by atoms with Crippen LogP contribution in [0.5, 0.6) is 5.75 Å². The topological polar surface area (TPSA) is 93.2 Å². The van der Waals surface area contributed by atoms with Crippen molar-refractivity contribution in [2.24, 2.45) is 0 Å². The van der Waals surface area contributed by atoms with E-state index in [0.29, 0.717) is 15.9 Å². The van der Waals surface area contributed by atoms with Crippen molar-refractivity contribution in [1.29, 1.82) is 0 Å². The molecule has 0 saturated carbocycles. The fourth-order valence-corrected chi connectivity index (χ4v) is 3.05. The molecule has 2 N–H and O–H groups in total. The molecule has 1 atom stereocenters. The van der Waals surface area contributed by atoms with Gasteiger partial charge in [0.1, 0.15) is 22.6 Å². The van der Waals surface area contributed by atoms with Gasteiger partial charge >= 0.3 is 0 Å². The van der Waals surface area contributed by atoms with Crippen molar-refractivity contribution in [2.45, 2.75) is 13.0 Å². The third-order valence-corrected chi connectivity index (χ3v) is 4.71. The molecular weight excluding hydrogens is 383 g/mol. The highest BCUT2D eigenvalue weighted by molar-refractivity contribution is 7.18. The largest absolute Gasteiger partial charge is 0.497 e. The standard InChI is InChI=1S/C19H17FN4O3S/c1-11(21-17(26)12-6-8-14(20)9-7-12)16(25)22-19-24-23-18(28-19)13-4-3-5-15(10-13)27-2/h3-11H,1-2H3,(H,21,26)(H,22,24,25). The summed E-state index contributed by atoms with van der Waals surface area (Å²) in [4.78, 5) is 24.4. The van der Waals surface area contributed by atoms with E-state index in [1.54, 1.807) is 14.0 Å². The summed E-state index contributed by atoms with van der Waals surface area (Å²) >= 11 is 1.20. The van der Waals surface area contributed by atoms with Crippen LogP contribution in [0.2, 0.25) is 0 Å². The van der Waals surface area contributed by atoms with Crippen LogP contribution in [0.25, 0.3) is 10.6 Å². The van der Waals surface area contributed by atoms with Crippen molar-refractivity contribution < 1.29 is 18.7 Å². The monoisotopic (exact) mass is 400 g/mol. The first-order valence-corrected chi connectivity index (χ1v) is 9.13. The summed E-state index contributed by atoms with van der Waals surface area (Å²) in [5.74, 6) is -0.665. The highest BCUT2D eigenvalue weighted by atomic mass is 32.1. The summed E-state index contributed by atoms with van der Waals surface area (Å²) in [5, 5.41) is 14.1. The Bertz CT molecular complexity index is 991. The molecule has 0 bridgehead atoms. The lowest BCUT2D eigenvalue weighted by Gasteiger charge is -2.12. The lowest BCUT2D eigenvalue weighted by Crippen LogP contribution is -2.41. The molecular formula is C19H17FN4O3S.